The van der Waals surface area contributed by atoms with Crippen LogP contribution in [0.5, 0.6) is 0 Å². The van der Waals surface area contributed by atoms with Gasteiger partial charge in [-0.05, 0) is 26.0 Å². The highest BCUT2D eigenvalue weighted by Gasteiger charge is 2.13. The summed E-state index contributed by atoms with van der Waals surface area (Å²) in [5, 5.41) is 10.8. The van der Waals surface area contributed by atoms with E-state index in [-0.39, 0.29) is 5.91 Å². The Balaban J connectivity index is 1.61. The zero-order valence-electron chi connectivity index (χ0n) is 12.2. The minimum Gasteiger partial charge on any atom is -0.347 e. The highest BCUT2D eigenvalue weighted by molar-refractivity contribution is 6.04. The van der Waals surface area contributed by atoms with Crippen molar-refractivity contribution in [1.82, 2.24) is 20.4 Å². The lowest BCUT2D eigenvalue weighted by atomic mass is 10.0. The number of fused-ring (bicyclic) bond motifs is 1. The molecule has 0 saturated carbocycles. The first-order valence-corrected chi connectivity index (χ1v) is 7.32. The number of H-pyrrole nitrogens is 1. The molecule has 21 heavy (non-hydrogen) atoms. The zero-order valence-corrected chi connectivity index (χ0v) is 12.2. The Bertz CT molecular complexity index is 664. The molecule has 0 spiro atoms. The summed E-state index contributed by atoms with van der Waals surface area (Å²) in [7, 11) is 2.14. The van der Waals surface area contributed by atoms with E-state index in [1.54, 1.807) is 0 Å². The predicted octanol–water partition coefficient (Wildman–Crippen LogP) is 1.94. The number of carbonyl (C=O) groups excluding carboxylic acids is 1. The van der Waals surface area contributed by atoms with Crippen molar-refractivity contribution in [3.8, 4) is 0 Å². The molecule has 110 valence electrons. The molecular formula is C16H20N4O. The summed E-state index contributed by atoms with van der Waals surface area (Å²) >= 11 is 0. The standard InChI is InChI=1S/C16H20N4O/c1-20-10-7-12(8-11-20)6-9-17-16(21)15-13-4-2-3-5-14(13)18-19-15/h2-6H,7-11H2,1H3,(H,17,21)(H,18,19). The summed E-state index contributed by atoms with van der Waals surface area (Å²) in [5.41, 5.74) is 2.78. The summed E-state index contributed by atoms with van der Waals surface area (Å²) in [6.07, 6.45) is 4.33. The Hall–Kier alpha value is -2.14. The van der Waals surface area contributed by atoms with Crippen LogP contribution in [0.2, 0.25) is 0 Å². The predicted molar refractivity (Wildman–Crippen MR) is 83.2 cm³/mol. The van der Waals surface area contributed by atoms with Gasteiger partial charge in [0.25, 0.3) is 5.91 Å². The molecule has 0 unspecified atom stereocenters. The summed E-state index contributed by atoms with van der Waals surface area (Å²) in [6.45, 7) is 2.77. The van der Waals surface area contributed by atoms with Gasteiger partial charge in [-0.1, -0.05) is 29.8 Å². The second-order valence-electron chi connectivity index (χ2n) is 5.49. The van der Waals surface area contributed by atoms with Gasteiger partial charge in [0.1, 0.15) is 0 Å². The van der Waals surface area contributed by atoms with Gasteiger partial charge in [-0.15, -0.1) is 0 Å². The molecule has 0 bridgehead atoms. The van der Waals surface area contributed by atoms with Gasteiger partial charge in [0, 0.05) is 25.0 Å². The molecule has 2 aromatic rings. The largest absolute Gasteiger partial charge is 0.347 e. The lowest BCUT2D eigenvalue weighted by molar-refractivity contribution is 0.0954. The number of nitrogens with zero attached hydrogens (tertiary/aromatic N) is 2. The molecule has 3 rings (SSSR count). The number of rotatable bonds is 3. The third kappa shape index (κ3) is 3.13. The maximum absolute atomic E-state index is 12.2. The van der Waals surface area contributed by atoms with Crippen LogP contribution in [-0.2, 0) is 0 Å². The Kier molecular flexibility index (Phi) is 4.01. The van der Waals surface area contributed by atoms with Crippen molar-refractivity contribution in [2.24, 2.45) is 0 Å². The van der Waals surface area contributed by atoms with E-state index < -0.39 is 0 Å². The molecule has 5 heteroatoms. The van der Waals surface area contributed by atoms with E-state index in [0.717, 1.165) is 36.8 Å². The number of aromatic nitrogens is 2. The lowest BCUT2D eigenvalue weighted by Gasteiger charge is -2.24. The van der Waals surface area contributed by atoms with Crippen LogP contribution >= 0.6 is 0 Å². The summed E-state index contributed by atoms with van der Waals surface area (Å²) in [5.74, 6) is -0.128. The summed E-state index contributed by atoms with van der Waals surface area (Å²) in [4.78, 5) is 14.5. The van der Waals surface area contributed by atoms with Gasteiger partial charge in [0.05, 0.1) is 5.52 Å². The third-order valence-corrected chi connectivity index (χ3v) is 3.97. The smallest absolute Gasteiger partial charge is 0.272 e. The fraction of sp³-hybridized carbons (Fsp3) is 0.375. The number of para-hydroxylation sites is 1. The molecule has 1 saturated heterocycles. The Morgan fingerprint density at radius 3 is 2.95 bits per heavy atom. The maximum Gasteiger partial charge on any atom is 0.272 e. The molecule has 0 atom stereocenters. The zero-order chi connectivity index (χ0) is 14.7. The molecule has 1 aromatic carbocycles. The minimum absolute atomic E-state index is 0.128. The number of benzene rings is 1. The van der Waals surface area contributed by atoms with Gasteiger partial charge >= 0.3 is 0 Å². The first kappa shape index (κ1) is 13.8. The number of piperidine rings is 1. The van der Waals surface area contributed by atoms with Crippen molar-refractivity contribution in [3.63, 3.8) is 0 Å². The molecule has 1 aliphatic heterocycles. The molecule has 1 fully saturated rings. The van der Waals surface area contributed by atoms with E-state index in [0.29, 0.717) is 12.2 Å². The number of nitrogens with one attached hydrogen (secondary N) is 2. The normalized spacial score (nSPS) is 16.1. The van der Waals surface area contributed by atoms with Crippen LogP contribution < -0.4 is 5.32 Å². The van der Waals surface area contributed by atoms with Crippen molar-refractivity contribution in [3.05, 3.63) is 41.6 Å². The fourth-order valence-electron chi connectivity index (χ4n) is 2.62. The quantitative estimate of drug-likeness (QED) is 0.847. The SMILES string of the molecule is CN1CCC(=CCNC(=O)c2n[nH]c3ccccc23)CC1. The van der Waals surface area contributed by atoms with Gasteiger partial charge in [-0.2, -0.15) is 5.10 Å². The van der Waals surface area contributed by atoms with Crippen LogP contribution in [0.3, 0.4) is 0 Å². The second kappa shape index (κ2) is 6.10. The summed E-state index contributed by atoms with van der Waals surface area (Å²) in [6, 6.07) is 7.66. The first-order chi connectivity index (χ1) is 10.2. The van der Waals surface area contributed by atoms with E-state index in [9.17, 15) is 4.79 Å². The first-order valence-electron chi connectivity index (χ1n) is 7.32. The van der Waals surface area contributed by atoms with Crippen LogP contribution in [0.1, 0.15) is 23.3 Å². The Morgan fingerprint density at radius 1 is 1.38 bits per heavy atom. The van der Waals surface area contributed by atoms with Crippen molar-refractivity contribution < 1.29 is 4.79 Å². The number of amides is 1. The molecule has 0 radical (unpaired) electrons. The van der Waals surface area contributed by atoms with Crippen molar-refractivity contribution in [2.75, 3.05) is 26.7 Å². The number of hydrogen-bond donors (Lipinski definition) is 2. The molecule has 0 aliphatic carbocycles. The average molecular weight is 284 g/mol. The Labute approximate surface area is 124 Å². The molecule has 1 amide bonds. The van der Waals surface area contributed by atoms with Gasteiger partial charge in [-0.25, -0.2) is 0 Å². The molecular weight excluding hydrogens is 264 g/mol. The third-order valence-electron chi connectivity index (χ3n) is 3.97. The van der Waals surface area contributed by atoms with Crippen LogP contribution in [0.25, 0.3) is 10.9 Å². The van der Waals surface area contributed by atoms with Crippen molar-refractivity contribution in [1.29, 1.82) is 0 Å². The monoisotopic (exact) mass is 284 g/mol. The number of aromatic amines is 1. The van der Waals surface area contributed by atoms with E-state index >= 15 is 0 Å². The summed E-state index contributed by atoms with van der Waals surface area (Å²) < 4.78 is 0. The van der Waals surface area contributed by atoms with Gasteiger partial charge < -0.3 is 10.2 Å². The van der Waals surface area contributed by atoms with E-state index in [1.807, 2.05) is 24.3 Å². The highest BCUT2D eigenvalue weighted by Crippen LogP contribution is 2.15. The molecule has 1 aromatic heterocycles. The molecule has 1 aliphatic rings. The lowest BCUT2D eigenvalue weighted by Crippen LogP contribution is -2.28. The van der Waals surface area contributed by atoms with E-state index in [2.05, 4.69) is 33.5 Å². The maximum atomic E-state index is 12.2. The average Bonchev–Trinajstić information content (AvgIpc) is 2.93. The van der Waals surface area contributed by atoms with Crippen LogP contribution in [0.4, 0.5) is 0 Å². The molecule has 2 heterocycles. The number of carbonyl (C=O) groups is 1. The van der Waals surface area contributed by atoms with Crippen molar-refractivity contribution >= 4 is 16.8 Å². The second-order valence-corrected chi connectivity index (χ2v) is 5.49. The van der Waals surface area contributed by atoms with Gasteiger partial charge in [0.2, 0.25) is 0 Å². The fourth-order valence-corrected chi connectivity index (χ4v) is 2.62. The number of hydrogen-bond acceptors (Lipinski definition) is 3. The molecule has 5 nitrogen and oxygen atoms in total. The highest BCUT2D eigenvalue weighted by atomic mass is 16.1. The van der Waals surface area contributed by atoms with Crippen LogP contribution in [0, 0.1) is 0 Å². The topological polar surface area (TPSA) is 61.0 Å². The molecule has 2 N–H and O–H groups in total. The van der Waals surface area contributed by atoms with Gasteiger partial charge in [-0.3, -0.25) is 9.89 Å². The van der Waals surface area contributed by atoms with Crippen LogP contribution in [0.15, 0.2) is 35.9 Å². The van der Waals surface area contributed by atoms with Crippen molar-refractivity contribution in [2.45, 2.75) is 12.8 Å². The minimum atomic E-state index is -0.128. The van der Waals surface area contributed by atoms with Gasteiger partial charge in [0.15, 0.2) is 5.69 Å². The Morgan fingerprint density at radius 2 is 2.14 bits per heavy atom. The van der Waals surface area contributed by atoms with Crippen LogP contribution in [-0.4, -0.2) is 47.7 Å². The number of likely N-dealkylation sites (tertiary alicyclic amines) is 1. The van der Waals surface area contributed by atoms with E-state index in [4.69, 9.17) is 0 Å². The van der Waals surface area contributed by atoms with E-state index in [1.165, 1.54) is 5.57 Å².